The van der Waals surface area contributed by atoms with E-state index in [1.54, 1.807) is 0 Å². The van der Waals surface area contributed by atoms with Crippen molar-refractivity contribution in [2.24, 2.45) is 0 Å². The molecule has 9 heteroatoms. The molecule has 0 bridgehead atoms. The van der Waals surface area contributed by atoms with Crippen molar-refractivity contribution in [1.82, 2.24) is 4.98 Å². The van der Waals surface area contributed by atoms with Crippen LogP contribution < -0.4 is 0 Å². The maximum absolute atomic E-state index is 12.6. The van der Waals surface area contributed by atoms with E-state index < -0.39 is 40.6 Å². The lowest BCUT2D eigenvalue weighted by Gasteiger charge is -2.15. The summed E-state index contributed by atoms with van der Waals surface area (Å²) < 4.78 is 62.0. The van der Waals surface area contributed by atoms with Crippen LogP contribution in [0.1, 0.15) is 23.2 Å². The Kier molecular flexibility index (Phi) is 4.25. The summed E-state index contributed by atoms with van der Waals surface area (Å²) in [6.07, 6.45) is -8.92. The van der Waals surface area contributed by atoms with Gasteiger partial charge in [-0.3, -0.25) is 9.78 Å². The van der Waals surface area contributed by atoms with Crippen LogP contribution in [0.3, 0.4) is 0 Å². The minimum absolute atomic E-state index is 0.213. The van der Waals surface area contributed by atoms with E-state index >= 15 is 0 Å². The van der Waals surface area contributed by atoms with Crippen molar-refractivity contribution < 1.29 is 31.9 Å². The van der Waals surface area contributed by atoms with Crippen molar-refractivity contribution in [1.29, 1.82) is 0 Å². The van der Waals surface area contributed by atoms with E-state index in [1.165, 1.54) is 0 Å². The van der Waals surface area contributed by atoms with Gasteiger partial charge in [-0.15, -0.1) is 0 Å². The zero-order valence-corrected chi connectivity index (χ0v) is 10.0. The van der Waals surface area contributed by atoms with E-state index in [2.05, 4.69) is 20.9 Å². The second kappa shape index (κ2) is 5.17. The van der Waals surface area contributed by atoms with E-state index in [1.807, 2.05) is 0 Å². The van der Waals surface area contributed by atoms with Crippen molar-refractivity contribution >= 4 is 21.9 Å². The summed E-state index contributed by atoms with van der Waals surface area (Å²) in [7, 11) is 0. The molecule has 0 atom stereocenters. The highest BCUT2D eigenvalue weighted by Crippen LogP contribution is 2.40. The molecule has 1 aromatic rings. The second-order valence-corrected chi connectivity index (χ2v) is 4.01. The van der Waals surface area contributed by atoms with Gasteiger partial charge in [0.2, 0.25) is 0 Å². The van der Waals surface area contributed by atoms with Gasteiger partial charge >= 0.3 is 12.1 Å². The lowest BCUT2D eigenvalue weighted by atomic mass is 10.1. The molecule has 0 fully saturated rings. The van der Waals surface area contributed by atoms with Gasteiger partial charge in [0.05, 0.1) is 17.7 Å². The molecule has 1 N–H and O–H groups in total. The van der Waals surface area contributed by atoms with Gasteiger partial charge < -0.3 is 5.11 Å². The summed E-state index contributed by atoms with van der Waals surface area (Å²) in [5.74, 6) is -1.39. The lowest BCUT2D eigenvalue weighted by Crippen LogP contribution is -2.14. The van der Waals surface area contributed by atoms with Crippen LogP contribution in [0, 0.1) is 0 Å². The van der Waals surface area contributed by atoms with E-state index in [4.69, 9.17) is 5.11 Å². The quantitative estimate of drug-likeness (QED) is 0.862. The number of carbonyl (C=O) groups is 1. The van der Waals surface area contributed by atoms with Gasteiger partial charge in [0.1, 0.15) is 0 Å². The van der Waals surface area contributed by atoms with Gasteiger partial charge in [-0.25, -0.2) is 8.78 Å². The van der Waals surface area contributed by atoms with Crippen molar-refractivity contribution in [3.8, 4) is 0 Å². The maximum atomic E-state index is 12.6. The van der Waals surface area contributed by atoms with Crippen LogP contribution in [0.5, 0.6) is 0 Å². The zero-order chi connectivity index (χ0) is 14.1. The third kappa shape index (κ3) is 3.15. The van der Waals surface area contributed by atoms with E-state index in [9.17, 15) is 26.7 Å². The first kappa shape index (κ1) is 14.8. The van der Waals surface area contributed by atoms with Crippen molar-refractivity contribution in [2.75, 3.05) is 0 Å². The van der Waals surface area contributed by atoms with E-state index in [-0.39, 0.29) is 11.9 Å². The highest BCUT2D eigenvalue weighted by atomic mass is 79.9. The van der Waals surface area contributed by atoms with Crippen LogP contribution in [0.15, 0.2) is 10.7 Å². The van der Waals surface area contributed by atoms with Gasteiger partial charge in [0, 0.05) is 16.2 Å². The summed E-state index contributed by atoms with van der Waals surface area (Å²) in [6.45, 7) is 0. The van der Waals surface area contributed by atoms with Crippen LogP contribution in [-0.4, -0.2) is 16.1 Å². The van der Waals surface area contributed by atoms with Crippen molar-refractivity contribution in [3.05, 3.63) is 27.5 Å². The number of carboxylic acid groups (broad SMARTS) is 1. The first-order valence-electron chi connectivity index (χ1n) is 4.39. The van der Waals surface area contributed by atoms with Gasteiger partial charge in [-0.05, 0) is 15.9 Å². The number of hydrogen-bond acceptors (Lipinski definition) is 2. The number of aromatic nitrogens is 1. The largest absolute Gasteiger partial charge is 0.481 e. The highest BCUT2D eigenvalue weighted by molar-refractivity contribution is 9.10. The molecule has 0 spiro atoms. The van der Waals surface area contributed by atoms with Crippen LogP contribution in [0.4, 0.5) is 22.0 Å². The Bertz CT molecular complexity index is 475. The normalized spacial score (nSPS) is 11.9. The molecule has 18 heavy (non-hydrogen) atoms. The van der Waals surface area contributed by atoms with Gasteiger partial charge in [-0.1, -0.05) is 0 Å². The van der Waals surface area contributed by atoms with E-state index in [0.29, 0.717) is 0 Å². The fourth-order valence-electron chi connectivity index (χ4n) is 1.25. The predicted octanol–water partition coefficient (Wildman–Crippen LogP) is 3.43. The lowest BCUT2D eigenvalue weighted by molar-refractivity contribution is -0.139. The fourth-order valence-corrected chi connectivity index (χ4v) is 1.88. The minimum Gasteiger partial charge on any atom is -0.481 e. The summed E-state index contributed by atoms with van der Waals surface area (Å²) >= 11 is 2.55. The Morgan fingerprint density at radius 2 is 2.00 bits per heavy atom. The van der Waals surface area contributed by atoms with Crippen molar-refractivity contribution in [3.63, 3.8) is 0 Å². The summed E-state index contributed by atoms with van der Waals surface area (Å²) in [4.78, 5) is 13.7. The molecular weight excluding hydrogens is 329 g/mol. The SMILES string of the molecule is O=C(O)Cc1ncc(C(F)(F)F)c(C(F)F)c1Br. The number of alkyl halides is 5. The Hall–Kier alpha value is -1.25. The molecule has 1 aromatic heterocycles. The molecule has 0 saturated carbocycles. The standard InChI is InChI=1S/C9H5BrF5NO2/c10-7-4(1-5(17)18)16-2-3(9(13,14)15)6(7)8(11)12/h2,8H,1H2,(H,17,18). The van der Waals surface area contributed by atoms with Crippen LogP contribution in [0.2, 0.25) is 0 Å². The molecule has 0 unspecified atom stereocenters. The molecule has 0 saturated heterocycles. The smallest absolute Gasteiger partial charge is 0.418 e. The number of rotatable bonds is 3. The van der Waals surface area contributed by atoms with Gasteiger partial charge in [-0.2, -0.15) is 13.2 Å². The van der Waals surface area contributed by atoms with Gasteiger partial charge in [0.25, 0.3) is 6.43 Å². The topological polar surface area (TPSA) is 50.2 Å². The molecule has 0 aromatic carbocycles. The monoisotopic (exact) mass is 333 g/mol. The summed E-state index contributed by atoms with van der Waals surface area (Å²) in [5.41, 5.74) is -3.27. The van der Waals surface area contributed by atoms with Gasteiger partial charge in [0.15, 0.2) is 0 Å². The van der Waals surface area contributed by atoms with Crippen molar-refractivity contribution in [2.45, 2.75) is 19.0 Å². The van der Waals surface area contributed by atoms with Crippen LogP contribution in [-0.2, 0) is 17.4 Å². The number of carboxylic acids is 1. The second-order valence-electron chi connectivity index (χ2n) is 3.22. The Labute approximate surface area is 106 Å². The molecule has 0 aliphatic heterocycles. The molecular formula is C9H5BrF5NO2. The average Bonchev–Trinajstić information content (AvgIpc) is 2.17. The first-order chi connectivity index (χ1) is 8.14. The molecule has 3 nitrogen and oxygen atoms in total. The maximum Gasteiger partial charge on any atom is 0.418 e. The van der Waals surface area contributed by atoms with E-state index in [0.717, 1.165) is 0 Å². The first-order valence-corrected chi connectivity index (χ1v) is 5.18. The number of nitrogens with zero attached hydrogens (tertiary/aromatic N) is 1. The number of hydrogen-bond donors (Lipinski definition) is 1. The molecule has 1 heterocycles. The summed E-state index contributed by atoms with van der Waals surface area (Å²) in [5, 5.41) is 8.48. The summed E-state index contributed by atoms with van der Waals surface area (Å²) in [6, 6.07) is 0. The number of aliphatic carboxylic acids is 1. The molecule has 0 aliphatic carbocycles. The number of halogens is 6. The third-order valence-corrected chi connectivity index (χ3v) is 2.86. The van der Waals surface area contributed by atoms with Crippen LogP contribution >= 0.6 is 15.9 Å². The molecule has 0 aliphatic rings. The Morgan fingerprint density at radius 1 is 1.44 bits per heavy atom. The number of pyridine rings is 1. The minimum atomic E-state index is -4.98. The Morgan fingerprint density at radius 3 is 2.39 bits per heavy atom. The zero-order valence-electron chi connectivity index (χ0n) is 8.43. The molecule has 1 rings (SSSR count). The Balaban J connectivity index is 3.42. The highest BCUT2D eigenvalue weighted by Gasteiger charge is 2.38. The molecule has 0 radical (unpaired) electrons. The predicted molar refractivity (Wildman–Crippen MR) is 53.2 cm³/mol. The third-order valence-electron chi connectivity index (χ3n) is 1.97. The van der Waals surface area contributed by atoms with Crippen LogP contribution in [0.25, 0.3) is 0 Å². The average molecular weight is 334 g/mol. The molecule has 100 valence electrons. The molecule has 0 amide bonds. The fraction of sp³-hybridized carbons (Fsp3) is 0.333.